The van der Waals surface area contributed by atoms with Gasteiger partial charge < -0.3 is 19.3 Å². The molecule has 4 heteroatoms. The molecule has 3 aromatic rings. The monoisotopic (exact) mass is 462 g/mol. The molecule has 3 aromatic carbocycles. The number of methoxy groups -OCH3 is 2. The molecule has 1 N–H and O–H groups in total. The molecule has 0 aliphatic heterocycles. The molecular weight excluding hydrogens is 424 g/mol. The van der Waals surface area contributed by atoms with Gasteiger partial charge in [0.2, 0.25) is 0 Å². The average molecular weight is 463 g/mol. The minimum Gasteiger partial charge on any atom is -0.507 e. The Kier molecular flexibility index (Phi) is 7.21. The molecule has 182 valence electrons. The number of ether oxygens (including phenoxy) is 3. The SMILES string of the molecule is COc1cc(-c2cc(C(C)(C)C)cc(C)c2OC(C)C)c(OC)cc1-c1cc(C)c(C)cc1O. The Hall–Kier alpha value is -3.14. The number of phenolic OH excluding ortho intramolecular Hbond substituents is 1. The fourth-order valence-electron chi connectivity index (χ4n) is 4.13. The minimum absolute atomic E-state index is 0.0255. The van der Waals surface area contributed by atoms with Crippen LogP contribution in [0.1, 0.15) is 56.9 Å². The van der Waals surface area contributed by atoms with Crippen molar-refractivity contribution in [2.45, 2.75) is 66.9 Å². The van der Waals surface area contributed by atoms with E-state index in [0.717, 1.165) is 39.1 Å². The summed E-state index contributed by atoms with van der Waals surface area (Å²) in [4.78, 5) is 0. The summed E-state index contributed by atoms with van der Waals surface area (Å²) < 4.78 is 18.0. The first kappa shape index (κ1) is 25.5. The summed E-state index contributed by atoms with van der Waals surface area (Å²) in [7, 11) is 3.31. The summed E-state index contributed by atoms with van der Waals surface area (Å²) in [6, 6.07) is 12.1. The number of aromatic hydroxyl groups is 1. The van der Waals surface area contributed by atoms with Crippen LogP contribution in [0.25, 0.3) is 22.3 Å². The summed E-state index contributed by atoms with van der Waals surface area (Å²) in [6.07, 6.45) is 0.0255. The molecule has 0 aliphatic rings. The van der Waals surface area contributed by atoms with Gasteiger partial charge in [-0.3, -0.25) is 0 Å². The molecule has 34 heavy (non-hydrogen) atoms. The lowest BCUT2D eigenvalue weighted by Gasteiger charge is -2.25. The second-order valence-electron chi connectivity index (χ2n) is 10.3. The van der Waals surface area contributed by atoms with E-state index in [1.807, 2.05) is 45.9 Å². The van der Waals surface area contributed by atoms with E-state index in [1.54, 1.807) is 20.3 Å². The summed E-state index contributed by atoms with van der Waals surface area (Å²) in [6.45, 7) is 16.8. The van der Waals surface area contributed by atoms with Gasteiger partial charge >= 0.3 is 0 Å². The molecule has 0 heterocycles. The summed E-state index contributed by atoms with van der Waals surface area (Å²) in [5.41, 5.74) is 7.73. The molecule has 0 bridgehead atoms. The van der Waals surface area contributed by atoms with Crippen molar-refractivity contribution in [3.8, 4) is 45.3 Å². The highest BCUT2D eigenvalue weighted by molar-refractivity contribution is 5.86. The van der Waals surface area contributed by atoms with Crippen molar-refractivity contribution in [1.82, 2.24) is 0 Å². The Morgan fingerprint density at radius 2 is 1.21 bits per heavy atom. The van der Waals surface area contributed by atoms with Crippen LogP contribution < -0.4 is 14.2 Å². The highest BCUT2D eigenvalue weighted by Crippen LogP contribution is 2.47. The first-order chi connectivity index (χ1) is 15.9. The van der Waals surface area contributed by atoms with Crippen LogP contribution in [-0.2, 0) is 5.41 Å². The maximum atomic E-state index is 10.7. The summed E-state index contributed by atoms with van der Waals surface area (Å²) in [5, 5.41) is 10.7. The predicted octanol–water partition coefficient (Wildman–Crippen LogP) is 7.75. The molecule has 0 aromatic heterocycles. The van der Waals surface area contributed by atoms with Crippen LogP contribution in [0.2, 0.25) is 0 Å². The molecule has 0 amide bonds. The van der Waals surface area contributed by atoms with Gasteiger partial charge in [0.15, 0.2) is 0 Å². The van der Waals surface area contributed by atoms with Crippen LogP contribution in [0, 0.1) is 20.8 Å². The molecule has 0 unspecified atom stereocenters. The van der Waals surface area contributed by atoms with Crippen molar-refractivity contribution < 1.29 is 19.3 Å². The van der Waals surface area contributed by atoms with Crippen molar-refractivity contribution in [2.24, 2.45) is 0 Å². The number of hydrogen-bond donors (Lipinski definition) is 1. The van der Waals surface area contributed by atoms with Gasteiger partial charge in [-0.25, -0.2) is 0 Å². The Labute approximate surface area is 204 Å². The fraction of sp³-hybridized carbons (Fsp3) is 0.400. The van der Waals surface area contributed by atoms with E-state index < -0.39 is 0 Å². The van der Waals surface area contributed by atoms with E-state index in [0.29, 0.717) is 17.1 Å². The topological polar surface area (TPSA) is 47.9 Å². The van der Waals surface area contributed by atoms with Crippen molar-refractivity contribution in [2.75, 3.05) is 14.2 Å². The minimum atomic E-state index is -0.0294. The van der Waals surface area contributed by atoms with Crippen LogP contribution in [0.15, 0.2) is 36.4 Å². The van der Waals surface area contributed by atoms with Gasteiger partial charge in [0.25, 0.3) is 0 Å². The van der Waals surface area contributed by atoms with Crippen molar-refractivity contribution in [3.05, 3.63) is 58.7 Å². The van der Waals surface area contributed by atoms with E-state index in [-0.39, 0.29) is 17.3 Å². The quantitative estimate of drug-likeness (QED) is 0.407. The van der Waals surface area contributed by atoms with Gasteiger partial charge in [-0.1, -0.05) is 26.8 Å². The second kappa shape index (κ2) is 9.61. The zero-order valence-corrected chi connectivity index (χ0v) is 22.2. The third kappa shape index (κ3) is 5.01. The molecule has 0 spiro atoms. The third-order valence-corrected chi connectivity index (χ3v) is 6.21. The summed E-state index contributed by atoms with van der Waals surface area (Å²) in [5.74, 6) is 2.40. The van der Waals surface area contributed by atoms with E-state index in [9.17, 15) is 5.11 Å². The van der Waals surface area contributed by atoms with Crippen molar-refractivity contribution in [1.29, 1.82) is 0 Å². The molecule has 0 radical (unpaired) electrons. The van der Waals surface area contributed by atoms with Crippen molar-refractivity contribution >= 4 is 0 Å². The van der Waals surface area contributed by atoms with Crippen LogP contribution in [-0.4, -0.2) is 25.4 Å². The van der Waals surface area contributed by atoms with E-state index in [2.05, 4.69) is 39.8 Å². The number of aryl methyl sites for hydroxylation is 3. The van der Waals surface area contributed by atoms with Crippen LogP contribution in [0.3, 0.4) is 0 Å². The van der Waals surface area contributed by atoms with Gasteiger partial charge in [-0.15, -0.1) is 0 Å². The average Bonchev–Trinajstić information content (AvgIpc) is 2.75. The van der Waals surface area contributed by atoms with Crippen LogP contribution >= 0.6 is 0 Å². The molecule has 0 aliphatic carbocycles. The number of hydrogen-bond acceptors (Lipinski definition) is 4. The molecule has 4 nitrogen and oxygen atoms in total. The normalized spacial score (nSPS) is 11.6. The highest BCUT2D eigenvalue weighted by Gasteiger charge is 2.24. The van der Waals surface area contributed by atoms with Gasteiger partial charge in [-0.05, 0) is 92.6 Å². The number of rotatable bonds is 6. The first-order valence-corrected chi connectivity index (χ1v) is 11.8. The lowest BCUT2D eigenvalue weighted by molar-refractivity contribution is 0.241. The Balaban J connectivity index is 2.35. The van der Waals surface area contributed by atoms with Gasteiger partial charge in [0.05, 0.1) is 20.3 Å². The zero-order chi connectivity index (χ0) is 25.4. The second-order valence-corrected chi connectivity index (χ2v) is 10.3. The van der Waals surface area contributed by atoms with E-state index in [1.165, 1.54) is 5.56 Å². The van der Waals surface area contributed by atoms with Crippen LogP contribution in [0.4, 0.5) is 0 Å². The fourth-order valence-corrected chi connectivity index (χ4v) is 4.13. The largest absolute Gasteiger partial charge is 0.507 e. The smallest absolute Gasteiger partial charge is 0.130 e. The van der Waals surface area contributed by atoms with Gasteiger partial charge in [0, 0.05) is 22.3 Å². The van der Waals surface area contributed by atoms with Crippen LogP contribution in [0.5, 0.6) is 23.0 Å². The lowest BCUT2D eigenvalue weighted by Crippen LogP contribution is -2.14. The molecule has 0 saturated heterocycles. The Morgan fingerprint density at radius 1 is 0.676 bits per heavy atom. The zero-order valence-electron chi connectivity index (χ0n) is 22.2. The maximum absolute atomic E-state index is 10.7. The van der Waals surface area contributed by atoms with Gasteiger partial charge in [0.1, 0.15) is 23.0 Å². The van der Waals surface area contributed by atoms with Gasteiger partial charge in [-0.2, -0.15) is 0 Å². The molecule has 0 saturated carbocycles. The first-order valence-electron chi connectivity index (χ1n) is 11.8. The number of benzene rings is 3. The Bertz CT molecular complexity index is 1200. The highest BCUT2D eigenvalue weighted by atomic mass is 16.5. The van der Waals surface area contributed by atoms with E-state index >= 15 is 0 Å². The maximum Gasteiger partial charge on any atom is 0.130 e. The lowest BCUT2D eigenvalue weighted by atomic mass is 9.83. The molecule has 3 rings (SSSR count). The van der Waals surface area contributed by atoms with E-state index in [4.69, 9.17) is 14.2 Å². The third-order valence-electron chi connectivity index (χ3n) is 6.21. The van der Waals surface area contributed by atoms with Crippen molar-refractivity contribution in [3.63, 3.8) is 0 Å². The predicted molar refractivity (Wildman–Crippen MR) is 141 cm³/mol. The Morgan fingerprint density at radius 3 is 1.71 bits per heavy atom. The molecule has 0 fully saturated rings. The number of phenols is 1. The summed E-state index contributed by atoms with van der Waals surface area (Å²) >= 11 is 0. The molecular formula is C30H38O4. The standard InChI is InChI=1S/C30H38O4/c1-17(2)34-29-20(5)11-21(30(6,7)8)14-25(29)24-16-27(32-9)23(15-28(24)33-10)22-12-18(3)19(4)13-26(22)31/h11-17,31H,1-10H3. The molecule has 0 atom stereocenters.